The molecule has 1 heterocycles. The lowest BCUT2D eigenvalue weighted by Crippen LogP contribution is -2.40. The highest BCUT2D eigenvalue weighted by molar-refractivity contribution is 5.91. The number of carbonyl (C=O) groups excluding carboxylic acids is 1. The SMILES string of the molecule is CCN(C(=O)NCCc1ccc2c(c1)OCO2)c1cccc(C)c1. The van der Waals surface area contributed by atoms with Crippen LogP contribution in [-0.2, 0) is 6.42 Å². The van der Waals surface area contributed by atoms with Gasteiger partial charge >= 0.3 is 6.03 Å². The van der Waals surface area contributed by atoms with Crippen molar-refractivity contribution in [3.63, 3.8) is 0 Å². The van der Waals surface area contributed by atoms with Crippen molar-refractivity contribution >= 4 is 11.7 Å². The summed E-state index contributed by atoms with van der Waals surface area (Å²) in [4.78, 5) is 14.2. The Morgan fingerprint density at radius 2 is 2.00 bits per heavy atom. The van der Waals surface area contributed by atoms with E-state index in [4.69, 9.17) is 9.47 Å². The van der Waals surface area contributed by atoms with Gasteiger partial charge in [-0.2, -0.15) is 0 Å². The highest BCUT2D eigenvalue weighted by Gasteiger charge is 2.15. The lowest BCUT2D eigenvalue weighted by molar-refractivity contribution is 0.174. The first kappa shape index (κ1) is 16.2. The van der Waals surface area contributed by atoms with Gasteiger partial charge in [0.2, 0.25) is 6.79 Å². The van der Waals surface area contributed by atoms with Crippen molar-refractivity contribution in [2.45, 2.75) is 20.3 Å². The zero-order chi connectivity index (χ0) is 16.9. The quantitative estimate of drug-likeness (QED) is 0.915. The van der Waals surface area contributed by atoms with Gasteiger partial charge in [0, 0.05) is 18.8 Å². The van der Waals surface area contributed by atoms with Crippen LogP contribution < -0.4 is 19.7 Å². The van der Waals surface area contributed by atoms with Crippen molar-refractivity contribution in [1.29, 1.82) is 0 Å². The van der Waals surface area contributed by atoms with Crippen LogP contribution >= 0.6 is 0 Å². The third-order valence-corrected chi connectivity index (χ3v) is 4.00. The summed E-state index contributed by atoms with van der Waals surface area (Å²) in [7, 11) is 0. The maximum absolute atomic E-state index is 12.4. The van der Waals surface area contributed by atoms with Gasteiger partial charge in [-0.1, -0.05) is 18.2 Å². The number of carbonyl (C=O) groups is 1. The van der Waals surface area contributed by atoms with Crippen molar-refractivity contribution in [3.05, 3.63) is 53.6 Å². The zero-order valence-corrected chi connectivity index (χ0v) is 14.0. The molecule has 0 saturated heterocycles. The van der Waals surface area contributed by atoms with E-state index in [-0.39, 0.29) is 12.8 Å². The Labute approximate surface area is 142 Å². The van der Waals surface area contributed by atoms with E-state index >= 15 is 0 Å². The molecular weight excluding hydrogens is 304 g/mol. The first-order valence-electron chi connectivity index (χ1n) is 8.18. The van der Waals surface area contributed by atoms with Crippen LogP contribution in [0.15, 0.2) is 42.5 Å². The number of anilines is 1. The van der Waals surface area contributed by atoms with Gasteiger partial charge in [0.05, 0.1) is 0 Å². The Bertz CT molecular complexity index is 730. The van der Waals surface area contributed by atoms with Crippen LogP contribution in [0.3, 0.4) is 0 Å². The molecule has 0 fully saturated rings. The number of nitrogens with one attached hydrogen (secondary N) is 1. The van der Waals surface area contributed by atoms with Gasteiger partial charge in [-0.3, -0.25) is 4.90 Å². The van der Waals surface area contributed by atoms with Crippen molar-refractivity contribution in [3.8, 4) is 11.5 Å². The van der Waals surface area contributed by atoms with Crippen molar-refractivity contribution in [2.24, 2.45) is 0 Å². The molecule has 1 aliphatic heterocycles. The Hall–Kier alpha value is -2.69. The fourth-order valence-corrected chi connectivity index (χ4v) is 2.74. The van der Waals surface area contributed by atoms with Crippen LogP contribution in [0.25, 0.3) is 0 Å². The van der Waals surface area contributed by atoms with E-state index in [1.807, 2.05) is 56.3 Å². The molecule has 0 aliphatic carbocycles. The second-order valence-corrected chi connectivity index (χ2v) is 5.75. The van der Waals surface area contributed by atoms with Gasteiger partial charge in [-0.15, -0.1) is 0 Å². The Morgan fingerprint density at radius 1 is 1.17 bits per heavy atom. The zero-order valence-electron chi connectivity index (χ0n) is 14.0. The maximum atomic E-state index is 12.4. The maximum Gasteiger partial charge on any atom is 0.321 e. The third kappa shape index (κ3) is 3.62. The smallest absolute Gasteiger partial charge is 0.321 e. The number of nitrogens with zero attached hydrogens (tertiary/aromatic N) is 1. The van der Waals surface area contributed by atoms with E-state index in [1.165, 1.54) is 0 Å². The normalized spacial score (nSPS) is 12.1. The Balaban J connectivity index is 1.56. The number of benzene rings is 2. The molecule has 2 aromatic rings. The number of rotatable bonds is 5. The second-order valence-electron chi connectivity index (χ2n) is 5.75. The summed E-state index contributed by atoms with van der Waals surface area (Å²) in [6.07, 6.45) is 0.744. The molecule has 0 radical (unpaired) electrons. The Kier molecular flexibility index (Phi) is 4.89. The van der Waals surface area contributed by atoms with Crippen molar-refractivity contribution in [2.75, 3.05) is 24.8 Å². The van der Waals surface area contributed by atoms with E-state index < -0.39 is 0 Å². The fraction of sp³-hybridized carbons (Fsp3) is 0.316. The molecule has 5 nitrogen and oxygen atoms in total. The molecule has 0 aromatic heterocycles. The van der Waals surface area contributed by atoms with Crippen molar-refractivity contribution in [1.82, 2.24) is 5.32 Å². The molecule has 3 rings (SSSR count). The summed E-state index contributed by atoms with van der Waals surface area (Å²) in [5, 5.41) is 2.98. The summed E-state index contributed by atoms with van der Waals surface area (Å²) in [5.74, 6) is 1.55. The van der Waals surface area contributed by atoms with Gasteiger partial charge in [-0.25, -0.2) is 4.79 Å². The number of hydrogen-bond acceptors (Lipinski definition) is 3. The predicted molar refractivity (Wildman–Crippen MR) is 93.9 cm³/mol. The summed E-state index contributed by atoms with van der Waals surface area (Å²) >= 11 is 0. The molecule has 0 saturated carbocycles. The van der Waals surface area contributed by atoms with E-state index in [2.05, 4.69) is 5.32 Å². The Morgan fingerprint density at radius 3 is 2.79 bits per heavy atom. The average molecular weight is 326 g/mol. The lowest BCUT2D eigenvalue weighted by atomic mass is 10.1. The van der Waals surface area contributed by atoms with E-state index in [9.17, 15) is 4.79 Å². The van der Waals surface area contributed by atoms with E-state index in [0.29, 0.717) is 13.1 Å². The molecule has 24 heavy (non-hydrogen) atoms. The number of aryl methyl sites for hydroxylation is 1. The van der Waals surface area contributed by atoms with Gasteiger partial charge in [0.1, 0.15) is 0 Å². The minimum atomic E-state index is -0.0798. The number of hydrogen-bond donors (Lipinski definition) is 1. The molecule has 0 atom stereocenters. The molecule has 5 heteroatoms. The summed E-state index contributed by atoms with van der Waals surface area (Å²) in [6, 6.07) is 13.7. The van der Waals surface area contributed by atoms with Crippen LogP contribution in [0, 0.1) is 6.92 Å². The number of urea groups is 1. The van der Waals surface area contributed by atoms with E-state index in [1.54, 1.807) is 4.90 Å². The molecular formula is C19H22N2O3. The van der Waals surface area contributed by atoms with Gasteiger partial charge in [-0.05, 0) is 55.7 Å². The number of fused-ring (bicyclic) bond motifs is 1. The first-order valence-corrected chi connectivity index (χ1v) is 8.18. The largest absolute Gasteiger partial charge is 0.454 e. The highest BCUT2D eigenvalue weighted by Crippen LogP contribution is 2.32. The van der Waals surface area contributed by atoms with Crippen molar-refractivity contribution < 1.29 is 14.3 Å². The minimum Gasteiger partial charge on any atom is -0.454 e. The van der Waals surface area contributed by atoms with Crippen LogP contribution in [-0.4, -0.2) is 25.9 Å². The monoisotopic (exact) mass is 326 g/mol. The summed E-state index contributed by atoms with van der Waals surface area (Å²) in [6.45, 7) is 5.46. The number of ether oxygens (including phenoxy) is 2. The first-order chi connectivity index (χ1) is 11.7. The van der Waals surface area contributed by atoms with Crippen LogP contribution in [0.1, 0.15) is 18.1 Å². The van der Waals surface area contributed by atoms with Gasteiger partial charge < -0.3 is 14.8 Å². The minimum absolute atomic E-state index is 0.0798. The molecule has 2 amide bonds. The lowest BCUT2D eigenvalue weighted by Gasteiger charge is -2.22. The van der Waals surface area contributed by atoms with E-state index in [0.717, 1.165) is 34.7 Å². The predicted octanol–water partition coefficient (Wildman–Crippen LogP) is 3.50. The fourth-order valence-electron chi connectivity index (χ4n) is 2.74. The molecule has 126 valence electrons. The molecule has 0 bridgehead atoms. The topological polar surface area (TPSA) is 50.8 Å². The van der Waals surface area contributed by atoms with Gasteiger partial charge in [0.15, 0.2) is 11.5 Å². The summed E-state index contributed by atoms with van der Waals surface area (Å²) < 4.78 is 10.7. The molecule has 1 aliphatic rings. The van der Waals surface area contributed by atoms with Crippen LogP contribution in [0.5, 0.6) is 11.5 Å². The third-order valence-electron chi connectivity index (χ3n) is 4.00. The highest BCUT2D eigenvalue weighted by atomic mass is 16.7. The van der Waals surface area contributed by atoms with Crippen LogP contribution in [0.2, 0.25) is 0 Å². The average Bonchev–Trinajstić information content (AvgIpc) is 3.03. The standard InChI is InChI=1S/C19H22N2O3/c1-3-21(16-6-4-5-14(2)11-16)19(22)20-10-9-15-7-8-17-18(12-15)24-13-23-17/h4-8,11-12H,3,9-10,13H2,1-2H3,(H,20,22). The number of amides is 2. The summed E-state index contributed by atoms with van der Waals surface area (Å²) in [5.41, 5.74) is 3.16. The molecule has 0 spiro atoms. The second kappa shape index (κ2) is 7.25. The molecule has 2 aromatic carbocycles. The molecule has 0 unspecified atom stereocenters. The molecule has 1 N–H and O–H groups in total. The van der Waals surface area contributed by atoms with Gasteiger partial charge in [0.25, 0.3) is 0 Å². The van der Waals surface area contributed by atoms with Crippen LogP contribution in [0.4, 0.5) is 10.5 Å².